The normalized spacial score (nSPS) is 22.4. The van der Waals surface area contributed by atoms with Gasteiger partial charge in [0, 0.05) is 28.6 Å². The van der Waals surface area contributed by atoms with E-state index in [1.807, 2.05) is 12.1 Å². The molecule has 1 aliphatic carbocycles. The standard InChI is InChI=1S/C18H19ClN6O2/c19-10-1-2-11-13(7-10)22-4-3-14(11)25-18(9-5-12(20)15(26)6-9)23-17(24-25)8-16(21)27/h1-4,7,9,12,15,26H,5-6,8,20H2,(H2,21,27)/t9-,12+,15+/m0/s1. The maximum Gasteiger partial charge on any atom is 0.225 e. The van der Waals surface area contributed by atoms with Gasteiger partial charge in [0.15, 0.2) is 5.82 Å². The topological polar surface area (TPSA) is 133 Å². The number of nitrogens with zero attached hydrogens (tertiary/aromatic N) is 4. The number of aliphatic hydroxyl groups excluding tert-OH is 1. The van der Waals surface area contributed by atoms with Crippen LogP contribution in [0.3, 0.4) is 0 Å². The number of amides is 1. The predicted octanol–water partition coefficient (Wildman–Crippen LogP) is 1.06. The second-order valence-corrected chi connectivity index (χ2v) is 7.27. The molecule has 2 aromatic heterocycles. The molecular weight excluding hydrogens is 368 g/mol. The number of halogens is 1. The van der Waals surface area contributed by atoms with Gasteiger partial charge in [0.25, 0.3) is 0 Å². The van der Waals surface area contributed by atoms with E-state index in [9.17, 15) is 9.90 Å². The molecule has 0 saturated heterocycles. The van der Waals surface area contributed by atoms with Gasteiger partial charge < -0.3 is 16.6 Å². The molecule has 1 saturated carbocycles. The predicted molar refractivity (Wildman–Crippen MR) is 101 cm³/mol. The van der Waals surface area contributed by atoms with Gasteiger partial charge in [0.05, 0.1) is 23.7 Å². The van der Waals surface area contributed by atoms with Crippen molar-refractivity contribution in [3.05, 3.63) is 47.1 Å². The van der Waals surface area contributed by atoms with Gasteiger partial charge in [-0.3, -0.25) is 9.78 Å². The quantitative estimate of drug-likeness (QED) is 0.614. The second kappa shape index (κ2) is 6.88. The van der Waals surface area contributed by atoms with E-state index < -0.39 is 12.0 Å². The lowest BCUT2D eigenvalue weighted by atomic mass is 10.1. The van der Waals surface area contributed by atoms with Crippen LogP contribution in [0.25, 0.3) is 16.6 Å². The fourth-order valence-corrected chi connectivity index (χ4v) is 3.76. The minimum absolute atomic E-state index is 0.0594. The van der Waals surface area contributed by atoms with E-state index in [1.165, 1.54) is 0 Å². The number of rotatable bonds is 4. The Bertz CT molecular complexity index is 1010. The highest BCUT2D eigenvalue weighted by Crippen LogP contribution is 2.35. The molecule has 4 rings (SSSR count). The second-order valence-electron chi connectivity index (χ2n) is 6.83. The van der Waals surface area contributed by atoms with Crippen LogP contribution in [0, 0.1) is 0 Å². The summed E-state index contributed by atoms with van der Waals surface area (Å²) in [4.78, 5) is 20.2. The molecule has 27 heavy (non-hydrogen) atoms. The number of hydrogen-bond donors (Lipinski definition) is 3. The third kappa shape index (κ3) is 3.39. The zero-order chi connectivity index (χ0) is 19.1. The first-order valence-electron chi connectivity index (χ1n) is 8.65. The Morgan fingerprint density at radius 2 is 2.15 bits per heavy atom. The molecule has 3 atom stereocenters. The van der Waals surface area contributed by atoms with Crippen molar-refractivity contribution in [2.24, 2.45) is 11.5 Å². The summed E-state index contributed by atoms with van der Waals surface area (Å²) in [7, 11) is 0. The molecule has 0 aliphatic heterocycles. The number of aliphatic hydroxyl groups is 1. The van der Waals surface area contributed by atoms with Gasteiger partial charge in [-0.15, -0.1) is 0 Å². The van der Waals surface area contributed by atoms with Gasteiger partial charge in [-0.25, -0.2) is 9.67 Å². The van der Waals surface area contributed by atoms with Crippen molar-refractivity contribution < 1.29 is 9.90 Å². The Balaban J connectivity index is 1.87. The van der Waals surface area contributed by atoms with Crippen molar-refractivity contribution in [3.63, 3.8) is 0 Å². The maximum atomic E-state index is 11.3. The number of carbonyl (C=O) groups is 1. The largest absolute Gasteiger partial charge is 0.391 e. The van der Waals surface area contributed by atoms with Crippen LogP contribution in [0.4, 0.5) is 0 Å². The van der Waals surface area contributed by atoms with Crippen LogP contribution in [0.15, 0.2) is 30.5 Å². The molecule has 140 valence electrons. The summed E-state index contributed by atoms with van der Waals surface area (Å²) >= 11 is 6.08. The van der Waals surface area contributed by atoms with Gasteiger partial charge in [0.1, 0.15) is 5.82 Å². The summed E-state index contributed by atoms with van der Waals surface area (Å²) in [5.41, 5.74) is 12.8. The first-order valence-corrected chi connectivity index (χ1v) is 9.02. The van der Waals surface area contributed by atoms with Crippen LogP contribution in [0.1, 0.15) is 30.4 Å². The van der Waals surface area contributed by atoms with E-state index in [-0.39, 0.29) is 18.4 Å². The highest BCUT2D eigenvalue weighted by Gasteiger charge is 2.35. The lowest BCUT2D eigenvalue weighted by molar-refractivity contribution is -0.117. The van der Waals surface area contributed by atoms with Gasteiger partial charge >= 0.3 is 0 Å². The van der Waals surface area contributed by atoms with E-state index in [0.717, 1.165) is 16.6 Å². The third-order valence-corrected chi connectivity index (χ3v) is 5.10. The third-order valence-electron chi connectivity index (χ3n) is 4.86. The minimum atomic E-state index is -0.590. The molecule has 0 unspecified atom stereocenters. The molecule has 1 amide bonds. The highest BCUT2D eigenvalue weighted by molar-refractivity contribution is 6.31. The van der Waals surface area contributed by atoms with E-state index in [4.69, 9.17) is 23.1 Å². The van der Waals surface area contributed by atoms with Gasteiger partial charge in [-0.1, -0.05) is 11.6 Å². The number of benzene rings is 1. The summed E-state index contributed by atoms with van der Waals surface area (Å²) in [5, 5.41) is 16.0. The molecular formula is C18H19ClN6O2. The molecule has 1 fully saturated rings. The Morgan fingerprint density at radius 3 is 2.85 bits per heavy atom. The summed E-state index contributed by atoms with van der Waals surface area (Å²) < 4.78 is 1.70. The maximum absolute atomic E-state index is 11.3. The van der Waals surface area contributed by atoms with Crippen LogP contribution in [0.2, 0.25) is 5.02 Å². The fourth-order valence-electron chi connectivity index (χ4n) is 3.59. The van der Waals surface area contributed by atoms with Crippen LogP contribution in [-0.2, 0) is 11.2 Å². The zero-order valence-corrected chi connectivity index (χ0v) is 15.2. The number of fused-ring (bicyclic) bond motifs is 1. The van der Waals surface area contributed by atoms with Crippen molar-refractivity contribution in [3.8, 4) is 5.69 Å². The smallest absolute Gasteiger partial charge is 0.225 e. The first-order chi connectivity index (χ1) is 12.9. The Kier molecular flexibility index (Phi) is 4.55. The number of pyridine rings is 1. The molecule has 0 bridgehead atoms. The summed E-state index contributed by atoms with van der Waals surface area (Å²) in [6, 6.07) is 6.94. The van der Waals surface area contributed by atoms with Crippen molar-refractivity contribution in [1.29, 1.82) is 0 Å². The minimum Gasteiger partial charge on any atom is -0.391 e. The molecule has 1 aliphatic rings. The Hall–Kier alpha value is -2.55. The Labute approximate surface area is 160 Å². The molecule has 5 N–H and O–H groups in total. The molecule has 0 spiro atoms. The van der Waals surface area contributed by atoms with Crippen LogP contribution in [0.5, 0.6) is 0 Å². The number of primary amides is 1. The zero-order valence-electron chi connectivity index (χ0n) is 14.4. The molecule has 8 nitrogen and oxygen atoms in total. The summed E-state index contributed by atoms with van der Waals surface area (Å²) in [6.07, 6.45) is 2.10. The van der Waals surface area contributed by atoms with E-state index in [0.29, 0.717) is 29.5 Å². The van der Waals surface area contributed by atoms with Crippen molar-refractivity contribution in [2.75, 3.05) is 0 Å². The van der Waals surface area contributed by atoms with Crippen molar-refractivity contribution >= 4 is 28.4 Å². The van der Waals surface area contributed by atoms with E-state index in [1.54, 1.807) is 23.0 Å². The molecule has 2 heterocycles. The fraction of sp³-hybridized carbons (Fsp3) is 0.333. The molecule has 3 aromatic rings. The lowest BCUT2D eigenvalue weighted by Crippen LogP contribution is -2.28. The lowest BCUT2D eigenvalue weighted by Gasteiger charge is -2.13. The number of nitrogens with two attached hydrogens (primary N) is 2. The molecule has 0 radical (unpaired) electrons. The number of carbonyl (C=O) groups excluding carboxylic acids is 1. The summed E-state index contributed by atoms with van der Waals surface area (Å²) in [6.45, 7) is 0. The van der Waals surface area contributed by atoms with Gasteiger partial charge in [0.2, 0.25) is 5.91 Å². The number of aromatic nitrogens is 4. The first kappa shape index (κ1) is 17.8. The average Bonchev–Trinajstić information content (AvgIpc) is 3.17. The van der Waals surface area contributed by atoms with Crippen molar-refractivity contribution in [1.82, 2.24) is 19.7 Å². The van der Waals surface area contributed by atoms with Crippen LogP contribution >= 0.6 is 11.6 Å². The molecule has 1 aromatic carbocycles. The van der Waals surface area contributed by atoms with Gasteiger partial charge in [-0.05, 0) is 37.1 Å². The SMILES string of the molecule is NC(=O)Cc1nc([C@H]2C[C@@H](N)[C@H](O)C2)n(-c2ccnc3cc(Cl)ccc23)n1. The molecule has 9 heteroatoms. The monoisotopic (exact) mass is 386 g/mol. The van der Waals surface area contributed by atoms with Crippen molar-refractivity contribution in [2.45, 2.75) is 37.3 Å². The van der Waals surface area contributed by atoms with Gasteiger partial charge in [-0.2, -0.15) is 5.10 Å². The van der Waals surface area contributed by atoms with E-state index >= 15 is 0 Å². The van der Waals surface area contributed by atoms with Crippen LogP contribution in [-0.4, -0.2) is 42.9 Å². The highest BCUT2D eigenvalue weighted by atomic mass is 35.5. The Morgan fingerprint density at radius 1 is 1.33 bits per heavy atom. The van der Waals surface area contributed by atoms with E-state index in [2.05, 4.69) is 15.1 Å². The van der Waals surface area contributed by atoms with Crippen LogP contribution < -0.4 is 11.5 Å². The average molecular weight is 387 g/mol. The summed E-state index contributed by atoms with van der Waals surface area (Å²) in [5.74, 6) is 0.417. The number of hydrogen-bond acceptors (Lipinski definition) is 6.